The van der Waals surface area contributed by atoms with E-state index >= 15 is 0 Å². The van der Waals surface area contributed by atoms with Gasteiger partial charge in [0.05, 0.1) is 7.11 Å². The van der Waals surface area contributed by atoms with E-state index in [1.807, 2.05) is 19.1 Å². The smallest absolute Gasteiger partial charge is 0.135 e. The highest BCUT2D eigenvalue weighted by molar-refractivity contribution is 5.74. The predicted molar refractivity (Wildman–Crippen MR) is 77.3 cm³/mol. The Morgan fingerprint density at radius 1 is 1.26 bits per heavy atom. The lowest BCUT2D eigenvalue weighted by atomic mass is 9.97. The van der Waals surface area contributed by atoms with Crippen LogP contribution in [0.2, 0.25) is 0 Å². The van der Waals surface area contributed by atoms with Crippen LogP contribution in [0.5, 0.6) is 5.75 Å². The molecule has 2 aromatic rings. The minimum absolute atomic E-state index is 0.377. The van der Waals surface area contributed by atoms with Crippen molar-refractivity contribution in [2.45, 2.75) is 26.7 Å². The summed E-state index contributed by atoms with van der Waals surface area (Å²) in [5, 5.41) is 0. The average Bonchev–Trinajstić information content (AvgIpc) is 2.38. The van der Waals surface area contributed by atoms with E-state index < -0.39 is 0 Å². The second-order valence-electron chi connectivity index (χ2n) is 4.83. The number of aryl methyl sites for hydroxylation is 1. The van der Waals surface area contributed by atoms with Gasteiger partial charge in [-0.2, -0.15) is 0 Å². The summed E-state index contributed by atoms with van der Waals surface area (Å²) in [4.78, 5) is 8.41. The Labute approximate surface area is 113 Å². The molecule has 19 heavy (non-hydrogen) atoms. The molecule has 0 fully saturated rings. The lowest BCUT2D eigenvalue weighted by molar-refractivity contribution is 0.407. The zero-order valence-corrected chi connectivity index (χ0v) is 11.8. The number of ether oxygens (including phenoxy) is 1. The molecule has 100 valence electrons. The van der Waals surface area contributed by atoms with Gasteiger partial charge in [-0.15, -0.1) is 0 Å². The van der Waals surface area contributed by atoms with E-state index in [1.165, 1.54) is 0 Å². The monoisotopic (exact) mass is 257 g/mol. The third-order valence-corrected chi connectivity index (χ3v) is 3.10. The molecule has 2 rings (SSSR count). The minimum Gasteiger partial charge on any atom is -0.496 e. The molecular weight excluding hydrogens is 238 g/mol. The van der Waals surface area contributed by atoms with Crippen LogP contribution in [0, 0.1) is 6.92 Å². The van der Waals surface area contributed by atoms with Gasteiger partial charge in [-0.05, 0) is 36.1 Å². The van der Waals surface area contributed by atoms with Gasteiger partial charge in [-0.3, -0.25) is 0 Å². The average molecular weight is 257 g/mol. The molecule has 0 radical (unpaired) electrons. The maximum Gasteiger partial charge on any atom is 0.135 e. The molecule has 0 aliphatic heterocycles. The maximum absolute atomic E-state index is 5.97. The molecule has 2 N–H and O–H groups in total. The van der Waals surface area contributed by atoms with Gasteiger partial charge in [0.1, 0.15) is 17.4 Å². The highest BCUT2D eigenvalue weighted by Gasteiger charge is 2.11. The zero-order chi connectivity index (χ0) is 14.0. The molecular formula is C15H19N3O. The second kappa shape index (κ2) is 5.26. The molecule has 0 bridgehead atoms. The Morgan fingerprint density at radius 2 is 2.00 bits per heavy atom. The molecule has 0 atom stereocenters. The van der Waals surface area contributed by atoms with Crippen molar-refractivity contribution < 1.29 is 4.74 Å². The highest BCUT2D eigenvalue weighted by atomic mass is 16.5. The largest absolute Gasteiger partial charge is 0.496 e. The fourth-order valence-electron chi connectivity index (χ4n) is 2.06. The number of benzene rings is 1. The van der Waals surface area contributed by atoms with Gasteiger partial charge in [0, 0.05) is 11.8 Å². The Kier molecular flexibility index (Phi) is 3.69. The number of methoxy groups -OCH3 is 1. The third-order valence-electron chi connectivity index (χ3n) is 3.10. The first kappa shape index (κ1) is 13.3. The van der Waals surface area contributed by atoms with E-state index in [0.717, 1.165) is 22.4 Å². The van der Waals surface area contributed by atoms with Crippen LogP contribution in [0.3, 0.4) is 0 Å². The van der Waals surface area contributed by atoms with Gasteiger partial charge in [-0.25, -0.2) is 9.97 Å². The summed E-state index contributed by atoms with van der Waals surface area (Å²) in [7, 11) is 1.68. The van der Waals surface area contributed by atoms with Crippen molar-refractivity contribution in [3.05, 3.63) is 35.8 Å². The summed E-state index contributed by atoms with van der Waals surface area (Å²) in [6, 6.07) is 6.03. The highest BCUT2D eigenvalue weighted by Crippen LogP contribution is 2.32. The van der Waals surface area contributed by atoms with Crippen molar-refractivity contribution in [2.24, 2.45) is 0 Å². The Morgan fingerprint density at radius 3 is 2.58 bits per heavy atom. The summed E-state index contributed by atoms with van der Waals surface area (Å²) in [5.41, 5.74) is 8.99. The Balaban J connectivity index is 2.54. The SMILES string of the molecule is COc1ccc(-c2cnc(C)nc2N)cc1C(C)C. The van der Waals surface area contributed by atoms with E-state index in [-0.39, 0.29) is 0 Å². The van der Waals surface area contributed by atoms with Crippen LogP contribution in [0.1, 0.15) is 31.2 Å². The van der Waals surface area contributed by atoms with Crippen molar-refractivity contribution in [1.82, 2.24) is 9.97 Å². The molecule has 0 aliphatic carbocycles. The number of rotatable bonds is 3. The number of hydrogen-bond acceptors (Lipinski definition) is 4. The van der Waals surface area contributed by atoms with Crippen molar-refractivity contribution in [2.75, 3.05) is 12.8 Å². The van der Waals surface area contributed by atoms with Gasteiger partial charge in [-0.1, -0.05) is 19.9 Å². The molecule has 1 heterocycles. The van der Waals surface area contributed by atoms with Gasteiger partial charge in [0.25, 0.3) is 0 Å². The first-order chi connectivity index (χ1) is 9.02. The van der Waals surface area contributed by atoms with Crippen LogP contribution in [-0.2, 0) is 0 Å². The van der Waals surface area contributed by atoms with E-state index in [1.54, 1.807) is 13.3 Å². The molecule has 0 aliphatic rings. The van der Waals surface area contributed by atoms with E-state index in [4.69, 9.17) is 10.5 Å². The molecule has 0 amide bonds. The molecule has 1 aromatic heterocycles. The summed E-state index contributed by atoms with van der Waals surface area (Å²) < 4.78 is 5.38. The molecule has 0 spiro atoms. The van der Waals surface area contributed by atoms with Gasteiger partial charge in [0.2, 0.25) is 0 Å². The first-order valence-corrected chi connectivity index (χ1v) is 6.30. The van der Waals surface area contributed by atoms with Gasteiger partial charge < -0.3 is 10.5 Å². The first-order valence-electron chi connectivity index (χ1n) is 6.30. The molecule has 0 unspecified atom stereocenters. The molecule has 4 heteroatoms. The molecule has 0 saturated heterocycles. The minimum atomic E-state index is 0.377. The number of nitrogens with zero attached hydrogens (tertiary/aromatic N) is 2. The quantitative estimate of drug-likeness (QED) is 0.917. The van der Waals surface area contributed by atoms with Crippen molar-refractivity contribution in [3.8, 4) is 16.9 Å². The number of nitrogen functional groups attached to an aromatic ring is 1. The standard InChI is InChI=1S/C15H19N3O/c1-9(2)12-7-11(5-6-14(12)19-4)13-8-17-10(3)18-15(13)16/h5-9H,1-4H3,(H2,16,17,18). The van der Waals surface area contributed by atoms with Crippen molar-refractivity contribution in [3.63, 3.8) is 0 Å². The van der Waals surface area contributed by atoms with Crippen LogP contribution >= 0.6 is 0 Å². The summed E-state index contributed by atoms with van der Waals surface area (Å²) in [5.74, 6) is 2.46. The third kappa shape index (κ3) is 2.67. The maximum atomic E-state index is 5.97. The fraction of sp³-hybridized carbons (Fsp3) is 0.333. The topological polar surface area (TPSA) is 61.0 Å². The lowest BCUT2D eigenvalue weighted by Gasteiger charge is -2.14. The number of aromatic nitrogens is 2. The second-order valence-corrected chi connectivity index (χ2v) is 4.83. The number of nitrogens with two attached hydrogens (primary N) is 1. The van der Waals surface area contributed by atoms with Crippen LogP contribution in [0.15, 0.2) is 24.4 Å². The Hall–Kier alpha value is -2.10. The van der Waals surface area contributed by atoms with Crippen LogP contribution in [0.4, 0.5) is 5.82 Å². The van der Waals surface area contributed by atoms with Gasteiger partial charge >= 0.3 is 0 Å². The number of hydrogen-bond donors (Lipinski definition) is 1. The lowest BCUT2D eigenvalue weighted by Crippen LogP contribution is -2.00. The molecule has 1 aromatic carbocycles. The van der Waals surface area contributed by atoms with Crippen molar-refractivity contribution >= 4 is 5.82 Å². The van der Waals surface area contributed by atoms with Gasteiger partial charge in [0.15, 0.2) is 0 Å². The normalized spacial score (nSPS) is 10.8. The zero-order valence-electron chi connectivity index (χ0n) is 11.8. The van der Waals surface area contributed by atoms with Crippen LogP contribution in [0.25, 0.3) is 11.1 Å². The van der Waals surface area contributed by atoms with Crippen LogP contribution in [-0.4, -0.2) is 17.1 Å². The molecule has 4 nitrogen and oxygen atoms in total. The summed E-state index contributed by atoms with van der Waals surface area (Å²) in [6.45, 7) is 6.10. The van der Waals surface area contributed by atoms with E-state index in [2.05, 4.69) is 29.9 Å². The predicted octanol–water partition coefficient (Wildman–Crippen LogP) is 3.17. The van der Waals surface area contributed by atoms with E-state index in [0.29, 0.717) is 17.6 Å². The van der Waals surface area contributed by atoms with Crippen LogP contribution < -0.4 is 10.5 Å². The summed E-state index contributed by atoms with van der Waals surface area (Å²) in [6.07, 6.45) is 1.77. The summed E-state index contributed by atoms with van der Waals surface area (Å²) >= 11 is 0. The molecule has 0 saturated carbocycles. The van der Waals surface area contributed by atoms with E-state index in [9.17, 15) is 0 Å². The fourth-order valence-corrected chi connectivity index (χ4v) is 2.06. The van der Waals surface area contributed by atoms with Crippen molar-refractivity contribution in [1.29, 1.82) is 0 Å². The Bertz CT molecular complexity index is 594. The number of anilines is 1.